The van der Waals surface area contributed by atoms with Gasteiger partial charge in [-0.2, -0.15) is 0 Å². The average molecular weight is 475 g/mol. The monoisotopic (exact) mass is 474 g/mol. The van der Waals surface area contributed by atoms with Gasteiger partial charge in [0, 0.05) is 0 Å². The summed E-state index contributed by atoms with van der Waals surface area (Å²) in [6.07, 6.45) is 13.1. The summed E-state index contributed by atoms with van der Waals surface area (Å²) in [6, 6.07) is 16.6. The Hall–Kier alpha value is -1.25. The molecule has 3 N–H and O–H groups in total. The maximum atomic E-state index is 10.6. The molecule has 0 heterocycles. The van der Waals surface area contributed by atoms with Gasteiger partial charge in [0.25, 0.3) is 0 Å². The summed E-state index contributed by atoms with van der Waals surface area (Å²) in [5.74, 6) is 0.657. The van der Waals surface area contributed by atoms with E-state index in [0.717, 1.165) is 29.5 Å². The van der Waals surface area contributed by atoms with E-state index < -0.39 is 7.28 Å². The maximum absolute atomic E-state index is 10.6. The number of aryl methyl sites for hydroxylation is 3. The first-order valence-corrected chi connectivity index (χ1v) is 15.4. The van der Waals surface area contributed by atoms with Crippen molar-refractivity contribution in [3.63, 3.8) is 0 Å². The van der Waals surface area contributed by atoms with Crippen LogP contribution in [0.3, 0.4) is 0 Å². The molecule has 0 amide bonds. The summed E-state index contributed by atoms with van der Waals surface area (Å²) < 4.78 is 0. The van der Waals surface area contributed by atoms with Crippen LogP contribution >= 0.6 is 7.28 Å². The summed E-state index contributed by atoms with van der Waals surface area (Å²) in [4.78, 5) is 31.7. The van der Waals surface area contributed by atoms with E-state index in [1.165, 1.54) is 56.9 Å². The van der Waals surface area contributed by atoms with Crippen molar-refractivity contribution >= 4 is 7.28 Å². The third-order valence-electron chi connectivity index (χ3n) is 6.81. The van der Waals surface area contributed by atoms with Gasteiger partial charge >= 0.3 is 160 Å². The van der Waals surface area contributed by atoms with Crippen LogP contribution in [-0.4, -0.2) is 20.8 Å². The number of rotatable bonds is 16. The third-order valence-corrected chi connectivity index (χ3v) is 9.03. The summed E-state index contributed by atoms with van der Waals surface area (Å²) in [5, 5.41) is 0. The fourth-order valence-electron chi connectivity index (χ4n) is 4.70. The van der Waals surface area contributed by atoms with Gasteiger partial charge < -0.3 is 0 Å². The molecule has 1 atom stereocenters. The van der Waals surface area contributed by atoms with E-state index in [9.17, 15) is 14.7 Å². The second kappa shape index (κ2) is 13.6. The number of hydrogen-bond acceptors (Lipinski definition) is 3. The third kappa shape index (κ3) is 12.1. The first kappa shape index (κ1) is 28.0. The van der Waals surface area contributed by atoms with E-state index in [4.69, 9.17) is 0 Å². The van der Waals surface area contributed by atoms with Crippen molar-refractivity contribution in [2.45, 2.75) is 97.6 Å². The molecule has 0 aliphatic carbocycles. The Kier molecular flexibility index (Phi) is 11.5. The van der Waals surface area contributed by atoms with Crippen LogP contribution in [0.15, 0.2) is 48.5 Å². The minimum atomic E-state index is -4.61. The molecule has 0 aliphatic rings. The number of hydrogen-bond donors (Lipinski definition) is 3. The molecule has 0 fully saturated rings. The zero-order valence-electron chi connectivity index (χ0n) is 21.2. The molecule has 0 radical (unpaired) electrons. The quantitative estimate of drug-likeness (QED) is 0.171. The van der Waals surface area contributed by atoms with Crippen LogP contribution < -0.4 is 0 Å². The van der Waals surface area contributed by atoms with Crippen molar-refractivity contribution in [3.05, 3.63) is 70.8 Å². The number of benzene rings is 2. The summed E-state index contributed by atoms with van der Waals surface area (Å²) in [6.45, 7) is 6.27. The van der Waals surface area contributed by atoms with Crippen LogP contribution in [0.5, 0.6) is 0 Å². The molecule has 33 heavy (non-hydrogen) atoms. The molecule has 3 nitrogen and oxygen atoms in total. The van der Waals surface area contributed by atoms with Crippen LogP contribution in [0.1, 0.15) is 93.4 Å². The molecule has 0 saturated heterocycles. The minimum absolute atomic E-state index is 0.0292. The molecule has 0 saturated carbocycles. The van der Waals surface area contributed by atoms with E-state index in [-0.39, 0.29) is 12.3 Å². The molecule has 4 heteroatoms. The molecule has 1 unspecified atom stereocenters. The van der Waals surface area contributed by atoms with Gasteiger partial charge in [0.1, 0.15) is 0 Å². The second-order valence-electron chi connectivity index (χ2n) is 10.4. The van der Waals surface area contributed by atoms with E-state index in [1.807, 2.05) is 32.0 Å². The van der Waals surface area contributed by atoms with Crippen LogP contribution in [0.4, 0.5) is 0 Å². The van der Waals surface area contributed by atoms with Gasteiger partial charge in [0.2, 0.25) is 0 Å². The van der Waals surface area contributed by atoms with Crippen LogP contribution in [0.2, 0.25) is 0 Å². The molecular weight excluding hydrogens is 427 g/mol. The Morgan fingerprint density at radius 3 is 2.00 bits per heavy atom. The fourth-order valence-corrected chi connectivity index (χ4v) is 6.78. The predicted octanol–water partition coefficient (Wildman–Crippen LogP) is 7.86. The molecule has 2 rings (SSSR count). The van der Waals surface area contributed by atoms with Gasteiger partial charge in [-0.3, -0.25) is 0 Å². The van der Waals surface area contributed by atoms with Crippen LogP contribution in [0, 0.1) is 19.8 Å². The SMILES string of the molecule is Cc1ccc(CP(O)(O)(O)CCCCC(C)CCCCCCCCc2ccccc2)c(C)c1. The predicted molar refractivity (Wildman–Crippen MR) is 144 cm³/mol. The Labute approximate surface area is 202 Å². The van der Waals surface area contributed by atoms with Crippen molar-refractivity contribution in [2.75, 3.05) is 6.16 Å². The van der Waals surface area contributed by atoms with Gasteiger partial charge in [-0.05, 0) is 12.0 Å². The summed E-state index contributed by atoms with van der Waals surface area (Å²) in [5.41, 5.74) is 4.43. The standard InChI is InChI=1S/C29H47O3P/c1-25(15-9-6-4-5-7-10-17-28-18-11-8-12-19-28)16-13-14-22-33(30,31,32)24-29-21-20-26(2)23-27(29)3/h8,11-12,18-21,23,25,30-32H,4-7,9-10,13-17,22,24H2,1-3H3. The van der Waals surface area contributed by atoms with Gasteiger partial charge in [-0.1, -0.05) is 30.3 Å². The molecular formula is C29H47O3P. The van der Waals surface area contributed by atoms with Crippen molar-refractivity contribution in [2.24, 2.45) is 5.92 Å². The zero-order chi connectivity index (χ0) is 24.2. The molecule has 0 aliphatic heterocycles. The van der Waals surface area contributed by atoms with Crippen molar-refractivity contribution in [1.82, 2.24) is 0 Å². The van der Waals surface area contributed by atoms with E-state index in [2.05, 4.69) is 37.3 Å². The molecule has 2 aromatic rings. The first-order chi connectivity index (χ1) is 15.6. The Morgan fingerprint density at radius 1 is 0.727 bits per heavy atom. The van der Waals surface area contributed by atoms with Crippen LogP contribution in [0.25, 0.3) is 0 Å². The molecule has 2 aromatic carbocycles. The van der Waals surface area contributed by atoms with Gasteiger partial charge in [-0.15, -0.1) is 0 Å². The van der Waals surface area contributed by atoms with Gasteiger partial charge in [0.05, 0.1) is 0 Å². The van der Waals surface area contributed by atoms with Crippen LogP contribution in [-0.2, 0) is 12.6 Å². The number of unbranched alkanes of at least 4 members (excludes halogenated alkanes) is 6. The molecule has 0 bridgehead atoms. The van der Waals surface area contributed by atoms with Crippen molar-refractivity contribution in [1.29, 1.82) is 0 Å². The Balaban J connectivity index is 1.51. The normalized spacial score (nSPS) is 14.1. The molecule has 186 valence electrons. The van der Waals surface area contributed by atoms with E-state index >= 15 is 0 Å². The van der Waals surface area contributed by atoms with E-state index in [1.54, 1.807) is 0 Å². The Morgan fingerprint density at radius 2 is 1.33 bits per heavy atom. The zero-order valence-corrected chi connectivity index (χ0v) is 22.1. The fraction of sp³-hybridized carbons (Fsp3) is 0.586. The summed E-state index contributed by atoms with van der Waals surface area (Å²) >= 11 is 0. The first-order valence-electron chi connectivity index (χ1n) is 13.0. The topological polar surface area (TPSA) is 60.7 Å². The summed E-state index contributed by atoms with van der Waals surface area (Å²) in [7, 11) is -4.61. The molecule has 0 spiro atoms. The Bertz CT molecular complexity index is 811. The van der Waals surface area contributed by atoms with Gasteiger partial charge in [-0.25, -0.2) is 0 Å². The molecule has 0 aromatic heterocycles. The average Bonchev–Trinajstić information content (AvgIpc) is 2.75. The second-order valence-corrected chi connectivity index (χ2v) is 13.8. The van der Waals surface area contributed by atoms with Gasteiger partial charge in [0.15, 0.2) is 0 Å². The van der Waals surface area contributed by atoms with Crippen molar-refractivity contribution < 1.29 is 14.7 Å². The van der Waals surface area contributed by atoms with E-state index in [0.29, 0.717) is 12.3 Å². The van der Waals surface area contributed by atoms with Crippen molar-refractivity contribution in [3.8, 4) is 0 Å².